The predicted octanol–water partition coefficient (Wildman–Crippen LogP) is 3.58. The fourth-order valence-corrected chi connectivity index (χ4v) is 4.25. The van der Waals surface area contributed by atoms with Gasteiger partial charge in [0.1, 0.15) is 0 Å². The summed E-state index contributed by atoms with van der Waals surface area (Å²) in [6.45, 7) is 4.48. The third-order valence-electron chi connectivity index (χ3n) is 4.79. The van der Waals surface area contributed by atoms with E-state index in [1.807, 2.05) is 40.6 Å². The van der Waals surface area contributed by atoms with Gasteiger partial charge in [-0.3, -0.25) is 9.59 Å². The van der Waals surface area contributed by atoms with E-state index in [9.17, 15) is 9.59 Å². The van der Waals surface area contributed by atoms with Crippen molar-refractivity contribution in [2.75, 3.05) is 23.4 Å². The minimum absolute atomic E-state index is 0.0346. The molecule has 1 N–H and O–H groups in total. The third kappa shape index (κ3) is 3.90. The molecule has 1 aliphatic heterocycles. The van der Waals surface area contributed by atoms with Gasteiger partial charge in [-0.05, 0) is 36.9 Å². The van der Waals surface area contributed by atoms with Gasteiger partial charge in [-0.25, -0.2) is 0 Å². The molecule has 3 rings (SSSR count). The summed E-state index contributed by atoms with van der Waals surface area (Å²) < 4.78 is 0. The van der Waals surface area contributed by atoms with Gasteiger partial charge in [0.15, 0.2) is 0 Å². The molecule has 2 heterocycles. The number of carbonyl (C=O) groups excluding carboxylic acids is 2. The van der Waals surface area contributed by atoms with E-state index in [0.717, 1.165) is 29.2 Å². The number of amides is 2. The predicted molar refractivity (Wildman–Crippen MR) is 107 cm³/mol. The average Bonchev–Trinajstić information content (AvgIpc) is 3.10. The molecule has 1 aliphatic rings. The van der Waals surface area contributed by atoms with Crippen LogP contribution in [0.4, 0.5) is 11.4 Å². The smallest absolute Gasteiger partial charge is 0.229 e. The Balaban J connectivity index is 1.89. The van der Waals surface area contributed by atoms with Crippen molar-refractivity contribution >= 4 is 34.5 Å². The van der Waals surface area contributed by atoms with Crippen LogP contribution in [0.1, 0.15) is 37.6 Å². The number of thiophene rings is 1. The van der Waals surface area contributed by atoms with E-state index < -0.39 is 0 Å². The van der Waals surface area contributed by atoms with Gasteiger partial charge in [-0.2, -0.15) is 0 Å². The largest absolute Gasteiger partial charge is 0.373 e. The van der Waals surface area contributed by atoms with Crippen molar-refractivity contribution < 1.29 is 9.59 Å². The summed E-state index contributed by atoms with van der Waals surface area (Å²) in [5.74, 6) is -0.0901. The number of benzene rings is 1. The number of nitrogens with zero attached hydrogens (tertiary/aromatic N) is 2. The van der Waals surface area contributed by atoms with E-state index in [1.54, 1.807) is 11.3 Å². The van der Waals surface area contributed by atoms with Gasteiger partial charge in [-0.15, -0.1) is 11.3 Å². The Bertz CT molecular complexity index is 775. The summed E-state index contributed by atoms with van der Waals surface area (Å²) in [5.41, 5.74) is 2.01. The molecular formula is C20H25N3O2S. The molecule has 2 amide bonds. The Morgan fingerprint density at radius 1 is 1.23 bits per heavy atom. The van der Waals surface area contributed by atoms with E-state index in [4.69, 9.17) is 0 Å². The van der Waals surface area contributed by atoms with Crippen molar-refractivity contribution in [2.24, 2.45) is 0 Å². The maximum Gasteiger partial charge on any atom is 0.229 e. The van der Waals surface area contributed by atoms with Crippen LogP contribution in [0.2, 0.25) is 0 Å². The van der Waals surface area contributed by atoms with Gasteiger partial charge in [0.05, 0.1) is 23.8 Å². The second-order valence-corrected chi connectivity index (χ2v) is 7.76. The number of rotatable bonds is 4. The summed E-state index contributed by atoms with van der Waals surface area (Å²) >= 11 is 1.56. The van der Waals surface area contributed by atoms with E-state index in [1.165, 1.54) is 6.92 Å². The van der Waals surface area contributed by atoms with Crippen LogP contribution in [0.25, 0.3) is 0 Å². The molecule has 5 nitrogen and oxygen atoms in total. The number of nitrogens with one attached hydrogen (secondary N) is 1. The lowest BCUT2D eigenvalue weighted by atomic mass is 10.1. The molecule has 0 aliphatic carbocycles. The zero-order valence-corrected chi connectivity index (χ0v) is 16.3. The van der Waals surface area contributed by atoms with E-state index in [0.29, 0.717) is 0 Å². The molecule has 6 heteroatoms. The lowest BCUT2D eigenvalue weighted by molar-refractivity contribution is -0.121. The standard InChI is InChI=1S/C20H25N3O2S/c1-14-10-11-22(3)17-7-4-5-8-18(17)23(14)20(25)13-16(21-15(2)24)19-9-6-12-26-19/h4-9,12,14,16H,10-11,13H2,1-3H3,(H,21,24). The Kier molecular flexibility index (Phi) is 5.61. The van der Waals surface area contributed by atoms with Crippen LogP contribution in [0, 0.1) is 0 Å². The number of fused-ring (bicyclic) bond motifs is 1. The van der Waals surface area contributed by atoms with E-state index in [-0.39, 0.29) is 30.3 Å². The fourth-order valence-electron chi connectivity index (χ4n) is 3.47. The summed E-state index contributed by atoms with van der Waals surface area (Å²) in [4.78, 5) is 30.0. The maximum atomic E-state index is 13.3. The molecule has 1 aromatic carbocycles. The van der Waals surface area contributed by atoms with Gasteiger partial charge < -0.3 is 15.1 Å². The molecule has 138 valence electrons. The third-order valence-corrected chi connectivity index (χ3v) is 5.77. The van der Waals surface area contributed by atoms with E-state index >= 15 is 0 Å². The lowest BCUT2D eigenvalue weighted by Crippen LogP contribution is -2.41. The lowest BCUT2D eigenvalue weighted by Gasteiger charge is -2.30. The molecule has 0 fully saturated rings. The highest BCUT2D eigenvalue weighted by Gasteiger charge is 2.30. The number of hydrogen-bond donors (Lipinski definition) is 1. The normalized spacial score (nSPS) is 18.0. The molecule has 2 unspecified atom stereocenters. The van der Waals surface area contributed by atoms with Crippen molar-refractivity contribution in [2.45, 2.75) is 38.8 Å². The molecule has 1 aromatic heterocycles. The molecule has 2 atom stereocenters. The molecule has 0 saturated heterocycles. The van der Waals surface area contributed by atoms with Crippen LogP contribution in [0.5, 0.6) is 0 Å². The average molecular weight is 372 g/mol. The SMILES string of the molecule is CC(=O)NC(CC(=O)N1c2ccccc2N(C)CCC1C)c1cccs1. The molecule has 0 bridgehead atoms. The van der Waals surface area contributed by atoms with Gasteiger partial charge in [0, 0.05) is 31.4 Å². The first kappa shape index (κ1) is 18.5. The topological polar surface area (TPSA) is 52.7 Å². The Hall–Kier alpha value is -2.34. The minimum atomic E-state index is -0.291. The number of hydrogen-bond acceptors (Lipinski definition) is 4. The van der Waals surface area contributed by atoms with Crippen LogP contribution in [0.3, 0.4) is 0 Å². The molecular weight excluding hydrogens is 346 g/mol. The zero-order chi connectivity index (χ0) is 18.7. The first-order chi connectivity index (χ1) is 12.5. The highest BCUT2D eigenvalue weighted by molar-refractivity contribution is 7.10. The summed E-state index contributed by atoms with van der Waals surface area (Å²) in [7, 11) is 2.06. The first-order valence-corrected chi connectivity index (χ1v) is 9.78. The van der Waals surface area contributed by atoms with Crippen molar-refractivity contribution in [3.63, 3.8) is 0 Å². The van der Waals surface area contributed by atoms with Crippen molar-refractivity contribution in [3.8, 4) is 0 Å². The second-order valence-electron chi connectivity index (χ2n) is 6.78. The number of para-hydroxylation sites is 2. The van der Waals surface area contributed by atoms with Crippen LogP contribution >= 0.6 is 11.3 Å². The fraction of sp³-hybridized carbons (Fsp3) is 0.400. The van der Waals surface area contributed by atoms with Crippen LogP contribution in [0.15, 0.2) is 41.8 Å². The Morgan fingerprint density at radius 3 is 2.62 bits per heavy atom. The quantitative estimate of drug-likeness (QED) is 0.894. The monoisotopic (exact) mass is 371 g/mol. The number of carbonyl (C=O) groups is 2. The highest BCUT2D eigenvalue weighted by atomic mass is 32.1. The van der Waals surface area contributed by atoms with Crippen LogP contribution in [-0.2, 0) is 9.59 Å². The van der Waals surface area contributed by atoms with Crippen molar-refractivity contribution in [1.29, 1.82) is 0 Å². The second kappa shape index (κ2) is 7.91. The van der Waals surface area contributed by atoms with Crippen molar-refractivity contribution in [1.82, 2.24) is 5.32 Å². The summed E-state index contributed by atoms with van der Waals surface area (Å²) in [6, 6.07) is 11.7. The van der Waals surface area contributed by atoms with Gasteiger partial charge >= 0.3 is 0 Å². The van der Waals surface area contributed by atoms with Gasteiger partial charge in [-0.1, -0.05) is 18.2 Å². The first-order valence-electron chi connectivity index (χ1n) is 8.90. The molecule has 0 spiro atoms. The minimum Gasteiger partial charge on any atom is -0.373 e. The van der Waals surface area contributed by atoms with Crippen LogP contribution in [-0.4, -0.2) is 31.4 Å². The Labute approximate surface area is 158 Å². The van der Waals surface area contributed by atoms with Crippen LogP contribution < -0.4 is 15.1 Å². The van der Waals surface area contributed by atoms with E-state index in [2.05, 4.69) is 30.3 Å². The van der Waals surface area contributed by atoms with Gasteiger partial charge in [0.25, 0.3) is 0 Å². The molecule has 0 radical (unpaired) electrons. The van der Waals surface area contributed by atoms with Crippen molar-refractivity contribution in [3.05, 3.63) is 46.7 Å². The Morgan fingerprint density at radius 2 is 1.96 bits per heavy atom. The molecule has 2 aromatic rings. The highest BCUT2D eigenvalue weighted by Crippen LogP contribution is 2.35. The van der Waals surface area contributed by atoms with Gasteiger partial charge in [0.2, 0.25) is 11.8 Å². The maximum absolute atomic E-state index is 13.3. The molecule has 0 saturated carbocycles. The summed E-state index contributed by atoms with van der Waals surface area (Å²) in [6.07, 6.45) is 1.16. The zero-order valence-electron chi connectivity index (χ0n) is 15.4. The summed E-state index contributed by atoms with van der Waals surface area (Å²) in [5, 5.41) is 4.89. The number of anilines is 2. The molecule has 26 heavy (non-hydrogen) atoms.